The van der Waals surface area contributed by atoms with Gasteiger partial charge in [0.1, 0.15) is 0 Å². The Bertz CT molecular complexity index is 948. The van der Waals surface area contributed by atoms with Gasteiger partial charge in [0.2, 0.25) is 0 Å². The number of benzene rings is 3. The number of ether oxygens (including phenoxy) is 1. The Kier molecular flexibility index (Phi) is 2.81. The molecule has 1 nitrogen and oxygen atoms in total. The molecule has 0 bridgehead atoms. The van der Waals surface area contributed by atoms with E-state index in [0.29, 0.717) is 0 Å². The van der Waals surface area contributed by atoms with Crippen molar-refractivity contribution < 1.29 is 4.74 Å². The molecule has 6 rings (SSSR count). The second-order valence-electron chi connectivity index (χ2n) is 7.75. The smallest absolute Gasteiger partial charge is 0.0725 e. The fourth-order valence-electron chi connectivity index (χ4n) is 4.83. The topological polar surface area (TPSA) is 9.23 Å². The molecular weight excluding hydrogens is 304 g/mol. The molecule has 122 valence electrons. The monoisotopic (exact) mass is 324 g/mol. The molecule has 1 aliphatic heterocycles. The molecule has 0 saturated carbocycles. The number of rotatable bonds is 0. The molecule has 0 aromatic heterocycles. The van der Waals surface area contributed by atoms with Gasteiger partial charge in [-0.2, -0.15) is 0 Å². The quantitative estimate of drug-likeness (QED) is 0.401. The Hall–Kier alpha value is -2.38. The average molecular weight is 324 g/mol. The minimum Gasteiger partial charge on any atom is -0.372 e. The van der Waals surface area contributed by atoms with E-state index in [1.54, 1.807) is 0 Å². The third kappa shape index (κ3) is 2.12. The molecule has 0 N–H and O–H groups in total. The Balaban J connectivity index is 1.42. The molecule has 0 saturated heterocycles. The first-order valence-electron chi connectivity index (χ1n) is 9.25. The Morgan fingerprint density at radius 1 is 0.440 bits per heavy atom. The van der Waals surface area contributed by atoms with Crippen LogP contribution in [-0.4, -0.2) is 0 Å². The van der Waals surface area contributed by atoms with Crippen molar-refractivity contribution in [3.05, 3.63) is 104 Å². The van der Waals surface area contributed by atoms with Crippen molar-refractivity contribution in [2.24, 2.45) is 0 Å². The van der Waals surface area contributed by atoms with Gasteiger partial charge in [0.05, 0.1) is 13.2 Å². The van der Waals surface area contributed by atoms with Crippen LogP contribution in [0.15, 0.2) is 48.5 Å². The molecule has 2 aliphatic carbocycles. The van der Waals surface area contributed by atoms with Crippen molar-refractivity contribution in [2.45, 2.75) is 38.9 Å². The van der Waals surface area contributed by atoms with Crippen LogP contribution in [0.2, 0.25) is 0 Å². The van der Waals surface area contributed by atoms with E-state index in [1.165, 1.54) is 55.6 Å². The van der Waals surface area contributed by atoms with E-state index >= 15 is 0 Å². The van der Waals surface area contributed by atoms with Crippen LogP contribution < -0.4 is 0 Å². The lowest BCUT2D eigenvalue weighted by molar-refractivity contribution is 0.134. The first-order valence-corrected chi connectivity index (χ1v) is 9.25. The summed E-state index contributed by atoms with van der Waals surface area (Å²) in [6.45, 7) is 1.58. The van der Waals surface area contributed by atoms with Crippen LogP contribution >= 0.6 is 0 Å². The zero-order chi connectivity index (χ0) is 16.4. The SMILES string of the molecule is c1ccc2c(c1)Cc1cc3c(cc1C2)Cc1cc2c(cc1C3)COC2. The van der Waals surface area contributed by atoms with Crippen LogP contribution in [0.1, 0.15) is 55.6 Å². The van der Waals surface area contributed by atoms with Gasteiger partial charge in [-0.05, 0) is 81.3 Å². The van der Waals surface area contributed by atoms with Gasteiger partial charge in [0, 0.05) is 0 Å². The normalized spacial score (nSPS) is 16.5. The molecule has 25 heavy (non-hydrogen) atoms. The summed E-state index contributed by atoms with van der Waals surface area (Å²) < 4.78 is 5.63. The van der Waals surface area contributed by atoms with Crippen LogP contribution in [-0.2, 0) is 43.6 Å². The van der Waals surface area contributed by atoms with E-state index in [9.17, 15) is 0 Å². The molecular formula is C24H20O. The van der Waals surface area contributed by atoms with Gasteiger partial charge in [-0.15, -0.1) is 0 Å². The van der Waals surface area contributed by atoms with E-state index in [-0.39, 0.29) is 0 Å². The molecule has 0 spiro atoms. The van der Waals surface area contributed by atoms with Crippen molar-refractivity contribution in [2.75, 3.05) is 0 Å². The highest BCUT2D eigenvalue weighted by molar-refractivity contribution is 5.54. The second-order valence-corrected chi connectivity index (χ2v) is 7.75. The lowest BCUT2D eigenvalue weighted by Crippen LogP contribution is -2.13. The van der Waals surface area contributed by atoms with E-state index in [1.807, 2.05) is 0 Å². The molecule has 3 aliphatic rings. The molecule has 0 unspecified atom stereocenters. The van der Waals surface area contributed by atoms with Gasteiger partial charge >= 0.3 is 0 Å². The molecule has 0 atom stereocenters. The van der Waals surface area contributed by atoms with Crippen LogP contribution in [0, 0.1) is 0 Å². The molecule has 0 radical (unpaired) electrons. The summed E-state index contributed by atoms with van der Waals surface area (Å²) in [4.78, 5) is 0. The molecule has 0 fully saturated rings. The largest absolute Gasteiger partial charge is 0.372 e. The zero-order valence-electron chi connectivity index (χ0n) is 14.3. The third-order valence-electron chi connectivity index (χ3n) is 6.20. The molecule has 0 amide bonds. The molecule has 3 aromatic carbocycles. The average Bonchev–Trinajstić information content (AvgIpc) is 3.08. The molecule has 3 aromatic rings. The second kappa shape index (κ2) is 5.06. The van der Waals surface area contributed by atoms with Crippen molar-refractivity contribution >= 4 is 0 Å². The lowest BCUT2D eigenvalue weighted by Gasteiger charge is -2.26. The van der Waals surface area contributed by atoms with Crippen LogP contribution in [0.5, 0.6) is 0 Å². The van der Waals surface area contributed by atoms with Gasteiger partial charge in [-0.3, -0.25) is 0 Å². The third-order valence-corrected chi connectivity index (χ3v) is 6.20. The predicted molar refractivity (Wildman–Crippen MR) is 99.0 cm³/mol. The first-order chi connectivity index (χ1) is 12.3. The minimum atomic E-state index is 0.788. The highest BCUT2D eigenvalue weighted by Crippen LogP contribution is 2.36. The summed E-state index contributed by atoms with van der Waals surface area (Å²) in [7, 11) is 0. The predicted octanol–water partition coefficient (Wildman–Crippen LogP) is 4.71. The zero-order valence-corrected chi connectivity index (χ0v) is 14.3. The van der Waals surface area contributed by atoms with Crippen LogP contribution in [0.3, 0.4) is 0 Å². The Morgan fingerprint density at radius 3 is 1.24 bits per heavy atom. The fraction of sp³-hybridized carbons (Fsp3) is 0.250. The highest BCUT2D eigenvalue weighted by Gasteiger charge is 2.23. The van der Waals surface area contributed by atoms with E-state index in [2.05, 4.69) is 48.5 Å². The number of hydrogen-bond donors (Lipinski definition) is 0. The van der Waals surface area contributed by atoms with Crippen molar-refractivity contribution in [1.82, 2.24) is 0 Å². The molecule has 1 heteroatoms. The number of fused-ring (bicyclic) bond motifs is 5. The van der Waals surface area contributed by atoms with E-state index in [4.69, 9.17) is 4.74 Å². The fourth-order valence-corrected chi connectivity index (χ4v) is 4.83. The molecule has 1 heterocycles. The maximum absolute atomic E-state index is 5.63. The van der Waals surface area contributed by atoms with E-state index in [0.717, 1.165) is 38.9 Å². The Labute approximate surface area is 148 Å². The lowest BCUT2D eigenvalue weighted by atomic mass is 9.78. The van der Waals surface area contributed by atoms with Crippen LogP contribution in [0.25, 0.3) is 0 Å². The summed E-state index contributed by atoms with van der Waals surface area (Å²) in [5.74, 6) is 0. The van der Waals surface area contributed by atoms with Gasteiger partial charge in [0.25, 0.3) is 0 Å². The number of hydrogen-bond acceptors (Lipinski definition) is 1. The highest BCUT2D eigenvalue weighted by atomic mass is 16.5. The van der Waals surface area contributed by atoms with Crippen molar-refractivity contribution in [3.63, 3.8) is 0 Å². The summed E-state index contributed by atoms with van der Waals surface area (Å²) in [5.41, 5.74) is 14.9. The van der Waals surface area contributed by atoms with Crippen LogP contribution in [0.4, 0.5) is 0 Å². The van der Waals surface area contributed by atoms with Gasteiger partial charge in [0.15, 0.2) is 0 Å². The Morgan fingerprint density at radius 2 is 0.800 bits per heavy atom. The van der Waals surface area contributed by atoms with Gasteiger partial charge in [-0.25, -0.2) is 0 Å². The van der Waals surface area contributed by atoms with E-state index < -0.39 is 0 Å². The minimum absolute atomic E-state index is 0.788. The summed E-state index contributed by atoms with van der Waals surface area (Å²) in [5, 5.41) is 0. The first kappa shape index (κ1) is 13.9. The van der Waals surface area contributed by atoms with Crippen molar-refractivity contribution in [1.29, 1.82) is 0 Å². The summed E-state index contributed by atoms with van der Waals surface area (Å²) in [6.07, 6.45) is 4.33. The maximum Gasteiger partial charge on any atom is 0.0725 e. The van der Waals surface area contributed by atoms with Gasteiger partial charge < -0.3 is 4.74 Å². The maximum atomic E-state index is 5.63. The van der Waals surface area contributed by atoms with Gasteiger partial charge in [-0.1, -0.05) is 48.5 Å². The van der Waals surface area contributed by atoms with Crippen molar-refractivity contribution in [3.8, 4) is 0 Å². The summed E-state index contributed by atoms with van der Waals surface area (Å²) in [6, 6.07) is 18.7. The summed E-state index contributed by atoms with van der Waals surface area (Å²) >= 11 is 0. The standard InChI is InChI=1S/C24H20O/c1-2-4-16-6-18-8-20-10-22-12-24-14-25-13-23(24)11-21(22)9-19(20)7-17(18)5-15(16)3-1/h1-4,7-8,11-12H,5-6,9-10,13-14H2.